The summed E-state index contributed by atoms with van der Waals surface area (Å²) in [5.74, 6) is 0.281. The predicted molar refractivity (Wildman–Crippen MR) is 155 cm³/mol. The van der Waals surface area contributed by atoms with Crippen molar-refractivity contribution >= 4 is 17.4 Å². The molecule has 0 aromatic heterocycles. The molecule has 1 aliphatic heterocycles. The summed E-state index contributed by atoms with van der Waals surface area (Å²) in [6.07, 6.45) is 0.692. The van der Waals surface area contributed by atoms with Gasteiger partial charge in [0.25, 0.3) is 11.7 Å². The van der Waals surface area contributed by atoms with Crippen LogP contribution in [0.1, 0.15) is 70.7 Å². The molecular weight excluding hydrogens is 492 g/mol. The number of Topliss-reactive ketones (excluding diaryl/α,β-unsaturated/α-hetero) is 1. The Labute approximate surface area is 233 Å². The number of benzene rings is 2. The Morgan fingerprint density at radius 3 is 2.41 bits per heavy atom. The molecule has 2 aromatic rings. The number of rotatable bonds is 11. The molecule has 0 bridgehead atoms. The van der Waals surface area contributed by atoms with Crippen LogP contribution in [0.4, 0.5) is 0 Å². The first-order chi connectivity index (χ1) is 18.3. The van der Waals surface area contributed by atoms with Gasteiger partial charge in [-0.2, -0.15) is 0 Å². The smallest absolute Gasteiger partial charge is 0.295 e. The molecule has 0 saturated carbocycles. The second kappa shape index (κ2) is 12.7. The number of ether oxygens (including phenoxy) is 2. The van der Waals surface area contributed by atoms with Crippen molar-refractivity contribution in [3.8, 4) is 11.5 Å². The van der Waals surface area contributed by atoms with Gasteiger partial charge < -0.3 is 24.4 Å². The van der Waals surface area contributed by atoms with Crippen LogP contribution in [-0.2, 0) is 15.0 Å². The lowest BCUT2D eigenvalue weighted by molar-refractivity contribution is -0.139. The number of nitrogens with zero attached hydrogens (tertiary/aromatic N) is 2. The summed E-state index contributed by atoms with van der Waals surface area (Å²) in [5.41, 5.74) is 1.94. The van der Waals surface area contributed by atoms with Crippen LogP contribution in [0.25, 0.3) is 5.76 Å². The van der Waals surface area contributed by atoms with Crippen molar-refractivity contribution in [2.24, 2.45) is 5.92 Å². The highest BCUT2D eigenvalue weighted by Gasteiger charge is 2.46. The quantitative estimate of drug-likeness (QED) is 0.222. The lowest BCUT2D eigenvalue weighted by Crippen LogP contribution is -2.32. The number of amides is 1. The number of likely N-dealkylation sites (tertiary alicyclic amines) is 1. The lowest BCUT2D eigenvalue weighted by Gasteiger charge is -2.27. The Morgan fingerprint density at radius 1 is 1.08 bits per heavy atom. The van der Waals surface area contributed by atoms with Crippen molar-refractivity contribution < 1.29 is 24.2 Å². The Hall–Kier alpha value is -3.32. The summed E-state index contributed by atoms with van der Waals surface area (Å²) in [4.78, 5) is 30.5. The van der Waals surface area contributed by atoms with E-state index in [9.17, 15) is 14.7 Å². The first kappa shape index (κ1) is 30.2. The van der Waals surface area contributed by atoms with E-state index in [0.717, 1.165) is 23.4 Å². The van der Waals surface area contributed by atoms with Crippen molar-refractivity contribution in [1.29, 1.82) is 0 Å². The normalized spacial score (nSPS) is 17.4. The molecule has 1 N–H and O–H groups in total. The van der Waals surface area contributed by atoms with Crippen LogP contribution in [0, 0.1) is 5.92 Å². The minimum absolute atomic E-state index is 0.0925. The fraction of sp³-hybridized carbons (Fsp3) is 0.500. The molecule has 1 aliphatic rings. The first-order valence-electron chi connectivity index (χ1n) is 13.8. The van der Waals surface area contributed by atoms with Crippen LogP contribution >= 0.6 is 0 Å². The molecular formula is C32H44N2O5. The standard InChI is InChI=1S/C32H44N2O5/c1-9-38-26-15-14-23(19-25(26)32(4,5)6)29(35)27-28(22-12-10-13-24(18-22)39-20-21(2)3)34(31(37)30(27)36)17-11-16-33(7)8/h10,12-15,18-19,21,28,35H,9,11,16-17,20H2,1-8H3/b29-27+. The number of aliphatic hydroxyl groups excluding tert-OH is 1. The summed E-state index contributed by atoms with van der Waals surface area (Å²) >= 11 is 0. The average Bonchev–Trinajstić information content (AvgIpc) is 3.12. The molecule has 2 aromatic carbocycles. The van der Waals surface area contributed by atoms with Crippen molar-refractivity contribution in [1.82, 2.24) is 9.80 Å². The molecule has 3 rings (SSSR count). The predicted octanol–water partition coefficient (Wildman–Crippen LogP) is 5.79. The summed E-state index contributed by atoms with van der Waals surface area (Å²) < 4.78 is 11.8. The van der Waals surface area contributed by atoms with Crippen LogP contribution < -0.4 is 9.47 Å². The largest absolute Gasteiger partial charge is 0.507 e. The third-order valence-corrected chi connectivity index (χ3v) is 6.66. The topological polar surface area (TPSA) is 79.3 Å². The Morgan fingerprint density at radius 2 is 1.79 bits per heavy atom. The van der Waals surface area contributed by atoms with Gasteiger partial charge in [-0.15, -0.1) is 0 Å². The van der Waals surface area contributed by atoms with E-state index in [4.69, 9.17) is 9.47 Å². The fourth-order valence-electron chi connectivity index (χ4n) is 4.75. The van der Waals surface area contributed by atoms with Gasteiger partial charge in [-0.1, -0.05) is 46.8 Å². The first-order valence-corrected chi connectivity index (χ1v) is 13.8. The lowest BCUT2D eigenvalue weighted by atomic mass is 9.84. The van der Waals surface area contributed by atoms with E-state index < -0.39 is 17.7 Å². The van der Waals surface area contributed by atoms with Gasteiger partial charge in [0.15, 0.2) is 0 Å². The van der Waals surface area contributed by atoms with E-state index in [1.54, 1.807) is 11.0 Å². The SMILES string of the molecule is CCOc1ccc(/C(O)=C2\C(=O)C(=O)N(CCCN(C)C)C2c2cccc(OCC(C)C)c2)cc1C(C)(C)C. The molecule has 1 unspecified atom stereocenters. The van der Waals surface area contributed by atoms with E-state index in [0.29, 0.717) is 43.4 Å². The summed E-state index contributed by atoms with van der Waals surface area (Å²) in [7, 11) is 3.94. The molecule has 1 atom stereocenters. The van der Waals surface area contributed by atoms with Gasteiger partial charge in [-0.3, -0.25) is 9.59 Å². The van der Waals surface area contributed by atoms with Gasteiger partial charge in [-0.25, -0.2) is 0 Å². The number of ketones is 1. The van der Waals surface area contributed by atoms with E-state index in [1.165, 1.54) is 0 Å². The number of carbonyl (C=O) groups is 2. The highest BCUT2D eigenvalue weighted by Crippen LogP contribution is 2.41. The fourth-order valence-corrected chi connectivity index (χ4v) is 4.75. The molecule has 0 aliphatic carbocycles. The van der Waals surface area contributed by atoms with Crippen molar-refractivity contribution in [2.75, 3.05) is 40.4 Å². The molecule has 1 fully saturated rings. The molecule has 7 heteroatoms. The van der Waals surface area contributed by atoms with Crippen molar-refractivity contribution in [2.45, 2.75) is 59.4 Å². The molecule has 39 heavy (non-hydrogen) atoms. The van der Waals surface area contributed by atoms with Crippen LogP contribution in [-0.4, -0.2) is 67.0 Å². The van der Waals surface area contributed by atoms with Crippen LogP contribution in [0.5, 0.6) is 11.5 Å². The summed E-state index contributed by atoms with van der Waals surface area (Å²) in [5, 5.41) is 11.6. The number of aliphatic hydroxyl groups is 1. The summed E-state index contributed by atoms with van der Waals surface area (Å²) in [6, 6.07) is 12.2. The molecule has 212 valence electrons. The second-order valence-electron chi connectivity index (χ2n) is 11.8. The maximum Gasteiger partial charge on any atom is 0.295 e. The second-order valence-corrected chi connectivity index (χ2v) is 11.8. The van der Waals surface area contributed by atoms with Gasteiger partial charge in [0.05, 0.1) is 24.8 Å². The Balaban J connectivity index is 2.15. The minimum atomic E-state index is -0.723. The van der Waals surface area contributed by atoms with E-state index >= 15 is 0 Å². The number of hydrogen-bond donors (Lipinski definition) is 1. The van der Waals surface area contributed by atoms with Gasteiger partial charge in [0, 0.05) is 17.7 Å². The molecule has 1 amide bonds. The maximum atomic E-state index is 13.5. The van der Waals surface area contributed by atoms with E-state index in [2.05, 4.69) is 34.6 Å². The maximum absolute atomic E-state index is 13.5. The Kier molecular flexibility index (Phi) is 9.83. The zero-order valence-corrected chi connectivity index (χ0v) is 24.7. The van der Waals surface area contributed by atoms with Crippen molar-refractivity contribution in [3.63, 3.8) is 0 Å². The van der Waals surface area contributed by atoms with Crippen LogP contribution in [0.2, 0.25) is 0 Å². The van der Waals surface area contributed by atoms with Crippen molar-refractivity contribution in [3.05, 3.63) is 64.7 Å². The van der Waals surface area contributed by atoms with Gasteiger partial charge in [-0.05, 0) is 81.2 Å². The molecule has 0 radical (unpaired) electrons. The third-order valence-electron chi connectivity index (χ3n) is 6.66. The van der Waals surface area contributed by atoms with E-state index in [-0.39, 0.29) is 16.7 Å². The monoisotopic (exact) mass is 536 g/mol. The third kappa shape index (κ3) is 7.21. The van der Waals surface area contributed by atoms with Gasteiger partial charge >= 0.3 is 0 Å². The number of hydrogen-bond acceptors (Lipinski definition) is 6. The van der Waals surface area contributed by atoms with Gasteiger partial charge in [0.1, 0.15) is 17.3 Å². The molecule has 0 spiro atoms. The van der Waals surface area contributed by atoms with Crippen LogP contribution in [0.3, 0.4) is 0 Å². The Bertz CT molecular complexity index is 1210. The molecule has 7 nitrogen and oxygen atoms in total. The highest BCUT2D eigenvalue weighted by molar-refractivity contribution is 6.46. The summed E-state index contributed by atoms with van der Waals surface area (Å²) in [6.45, 7) is 14.5. The van der Waals surface area contributed by atoms with Gasteiger partial charge in [0.2, 0.25) is 0 Å². The highest BCUT2D eigenvalue weighted by atomic mass is 16.5. The molecule has 1 heterocycles. The van der Waals surface area contributed by atoms with Crippen LogP contribution in [0.15, 0.2) is 48.0 Å². The number of carbonyl (C=O) groups excluding carboxylic acids is 2. The zero-order valence-electron chi connectivity index (χ0n) is 24.7. The van der Waals surface area contributed by atoms with E-state index in [1.807, 2.05) is 62.3 Å². The average molecular weight is 537 g/mol. The minimum Gasteiger partial charge on any atom is -0.507 e. The zero-order chi connectivity index (χ0) is 28.9. The molecule has 1 saturated heterocycles.